The number of carbonyl (C=O) groups excluding carboxylic acids is 1. The molecule has 2 aromatic carbocycles. The normalized spacial score (nSPS) is 11.4. The molecule has 0 unspecified atom stereocenters. The number of ether oxygens (including phenoxy) is 2. The van der Waals surface area contributed by atoms with E-state index in [9.17, 15) is 18.0 Å². The van der Waals surface area contributed by atoms with Gasteiger partial charge in [-0.25, -0.2) is 0 Å². The molecule has 2 aromatic heterocycles. The number of benzene rings is 2. The van der Waals surface area contributed by atoms with E-state index in [4.69, 9.17) is 9.47 Å². The predicted octanol–water partition coefficient (Wildman–Crippen LogP) is 3.76. The van der Waals surface area contributed by atoms with Gasteiger partial charge in [0, 0.05) is 12.1 Å². The minimum atomic E-state index is -4.51. The van der Waals surface area contributed by atoms with E-state index in [1.54, 1.807) is 18.2 Å². The SMILES string of the molecule is COc1ccc(CNC(=O)c2cc(-c3cccc(C(F)(F)F)c3)c3nncn3n2)cc1OC. The number of fused-ring (bicyclic) bond motifs is 1. The second-order valence-corrected chi connectivity index (χ2v) is 6.99. The smallest absolute Gasteiger partial charge is 0.416 e. The van der Waals surface area contributed by atoms with Gasteiger partial charge in [0.25, 0.3) is 5.91 Å². The highest BCUT2D eigenvalue weighted by atomic mass is 19.4. The fourth-order valence-corrected chi connectivity index (χ4v) is 3.28. The van der Waals surface area contributed by atoms with E-state index in [1.165, 1.54) is 43.3 Å². The van der Waals surface area contributed by atoms with Gasteiger partial charge in [0.2, 0.25) is 0 Å². The minimum Gasteiger partial charge on any atom is -0.493 e. The Kier molecular flexibility index (Phi) is 5.86. The molecule has 4 rings (SSSR count). The van der Waals surface area contributed by atoms with E-state index >= 15 is 0 Å². The second kappa shape index (κ2) is 8.77. The minimum absolute atomic E-state index is 0.00446. The van der Waals surface area contributed by atoms with Crippen molar-refractivity contribution in [2.75, 3.05) is 14.2 Å². The van der Waals surface area contributed by atoms with Gasteiger partial charge < -0.3 is 14.8 Å². The monoisotopic (exact) mass is 457 g/mol. The second-order valence-electron chi connectivity index (χ2n) is 6.99. The molecule has 0 aliphatic rings. The molecule has 4 aromatic rings. The van der Waals surface area contributed by atoms with Crippen molar-refractivity contribution in [2.24, 2.45) is 0 Å². The summed E-state index contributed by atoms with van der Waals surface area (Å²) >= 11 is 0. The van der Waals surface area contributed by atoms with Crippen molar-refractivity contribution < 1.29 is 27.4 Å². The summed E-state index contributed by atoms with van der Waals surface area (Å²) in [5, 5.41) is 14.6. The Morgan fingerprint density at radius 3 is 2.58 bits per heavy atom. The molecule has 0 fully saturated rings. The lowest BCUT2D eigenvalue weighted by atomic mass is 10.0. The van der Waals surface area contributed by atoms with Crippen LogP contribution in [0.15, 0.2) is 54.9 Å². The van der Waals surface area contributed by atoms with E-state index in [1.807, 2.05) is 0 Å². The average Bonchev–Trinajstić information content (AvgIpc) is 3.30. The van der Waals surface area contributed by atoms with Crippen molar-refractivity contribution in [1.29, 1.82) is 0 Å². The van der Waals surface area contributed by atoms with Crippen LogP contribution >= 0.6 is 0 Å². The fourth-order valence-electron chi connectivity index (χ4n) is 3.28. The molecule has 1 amide bonds. The Labute approximate surface area is 186 Å². The molecule has 0 aliphatic carbocycles. The van der Waals surface area contributed by atoms with Crippen LogP contribution in [0.25, 0.3) is 16.8 Å². The molecule has 0 saturated heterocycles. The third-order valence-corrected chi connectivity index (χ3v) is 4.90. The maximum Gasteiger partial charge on any atom is 0.416 e. The lowest BCUT2D eigenvalue weighted by Crippen LogP contribution is -2.24. The lowest BCUT2D eigenvalue weighted by molar-refractivity contribution is -0.137. The van der Waals surface area contributed by atoms with Crippen LogP contribution in [0.1, 0.15) is 21.6 Å². The number of hydrogen-bond donors (Lipinski definition) is 1. The number of methoxy groups -OCH3 is 2. The van der Waals surface area contributed by atoms with E-state index in [0.29, 0.717) is 17.1 Å². The number of amides is 1. The Balaban J connectivity index is 1.64. The van der Waals surface area contributed by atoms with Gasteiger partial charge >= 0.3 is 6.18 Å². The van der Waals surface area contributed by atoms with Crippen LogP contribution in [-0.4, -0.2) is 39.9 Å². The first-order valence-corrected chi connectivity index (χ1v) is 9.68. The van der Waals surface area contributed by atoms with Crippen molar-refractivity contribution in [3.8, 4) is 22.6 Å². The number of hydrogen-bond acceptors (Lipinski definition) is 6. The van der Waals surface area contributed by atoms with Gasteiger partial charge in [0.15, 0.2) is 17.1 Å². The van der Waals surface area contributed by atoms with Gasteiger partial charge in [-0.1, -0.05) is 18.2 Å². The summed E-state index contributed by atoms with van der Waals surface area (Å²) < 4.78 is 51.3. The van der Waals surface area contributed by atoms with Crippen LogP contribution in [-0.2, 0) is 12.7 Å². The van der Waals surface area contributed by atoms with E-state index < -0.39 is 17.6 Å². The van der Waals surface area contributed by atoms with Crippen LogP contribution < -0.4 is 14.8 Å². The van der Waals surface area contributed by atoms with Crippen LogP contribution in [0.3, 0.4) is 0 Å². The average molecular weight is 457 g/mol. The largest absolute Gasteiger partial charge is 0.493 e. The number of rotatable bonds is 6. The number of alkyl halides is 3. The summed E-state index contributed by atoms with van der Waals surface area (Å²) in [6, 6.07) is 11.4. The van der Waals surface area contributed by atoms with Crippen LogP contribution in [0.2, 0.25) is 0 Å². The van der Waals surface area contributed by atoms with Crippen LogP contribution in [0.5, 0.6) is 11.5 Å². The van der Waals surface area contributed by atoms with Gasteiger partial charge in [-0.15, -0.1) is 10.2 Å². The molecule has 1 N–H and O–H groups in total. The summed E-state index contributed by atoms with van der Waals surface area (Å²) in [6.45, 7) is 0.167. The Bertz CT molecular complexity index is 1320. The Morgan fingerprint density at radius 1 is 1.06 bits per heavy atom. The Hall–Kier alpha value is -4.15. The van der Waals surface area contributed by atoms with Crippen LogP contribution in [0, 0.1) is 0 Å². The molecule has 170 valence electrons. The maximum atomic E-state index is 13.2. The summed E-state index contributed by atoms with van der Waals surface area (Å²) in [4.78, 5) is 12.8. The zero-order chi connectivity index (χ0) is 23.6. The predicted molar refractivity (Wildman–Crippen MR) is 112 cm³/mol. The zero-order valence-electron chi connectivity index (χ0n) is 17.6. The molecule has 2 heterocycles. The highest BCUT2D eigenvalue weighted by Crippen LogP contribution is 2.33. The van der Waals surface area contributed by atoms with Gasteiger partial charge in [0.1, 0.15) is 12.0 Å². The lowest BCUT2D eigenvalue weighted by Gasteiger charge is -2.12. The first-order valence-electron chi connectivity index (χ1n) is 9.68. The molecule has 0 aliphatic heterocycles. The number of carbonyl (C=O) groups is 1. The first-order chi connectivity index (χ1) is 15.8. The standard InChI is InChI=1S/C22H18F3N5O3/c1-32-18-7-6-13(8-19(18)33-2)11-26-21(31)17-10-16(20-28-27-12-30(20)29-17)14-4-3-5-15(9-14)22(23,24)25/h3-10,12H,11H2,1-2H3,(H,26,31). The zero-order valence-corrected chi connectivity index (χ0v) is 17.6. The van der Waals surface area contributed by atoms with Gasteiger partial charge in [-0.05, 0) is 41.5 Å². The van der Waals surface area contributed by atoms with Crippen molar-refractivity contribution in [1.82, 2.24) is 25.1 Å². The quantitative estimate of drug-likeness (QED) is 0.474. The first kappa shape index (κ1) is 22.1. The highest BCUT2D eigenvalue weighted by molar-refractivity contribution is 5.94. The summed E-state index contributed by atoms with van der Waals surface area (Å²) in [7, 11) is 3.03. The van der Waals surface area contributed by atoms with Gasteiger partial charge in [-0.2, -0.15) is 22.8 Å². The molecular weight excluding hydrogens is 439 g/mol. The van der Waals surface area contributed by atoms with E-state index in [-0.39, 0.29) is 23.4 Å². The van der Waals surface area contributed by atoms with Gasteiger partial charge in [0.05, 0.1) is 19.8 Å². The molecular formula is C22H18F3N5O3. The molecule has 0 spiro atoms. The molecule has 33 heavy (non-hydrogen) atoms. The molecule has 0 radical (unpaired) electrons. The third-order valence-electron chi connectivity index (χ3n) is 4.90. The van der Waals surface area contributed by atoms with E-state index in [0.717, 1.165) is 17.7 Å². The number of nitrogens with zero attached hydrogens (tertiary/aromatic N) is 4. The fraction of sp³-hybridized carbons (Fsp3) is 0.182. The van der Waals surface area contributed by atoms with Crippen LogP contribution in [0.4, 0.5) is 13.2 Å². The van der Waals surface area contributed by atoms with Crippen molar-refractivity contribution in [3.63, 3.8) is 0 Å². The van der Waals surface area contributed by atoms with Gasteiger partial charge in [-0.3, -0.25) is 4.79 Å². The maximum absolute atomic E-state index is 13.2. The molecule has 0 atom stereocenters. The van der Waals surface area contributed by atoms with Crippen molar-refractivity contribution >= 4 is 11.6 Å². The highest BCUT2D eigenvalue weighted by Gasteiger charge is 2.30. The molecule has 0 saturated carbocycles. The number of halogens is 3. The van der Waals surface area contributed by atoms with Crippen molar-refractivity contribution in [3.05, 3.63) is 71.7 Å². The van der Waals surface area contributed by atoms with Crippen molar-refractivity contribution in [2.45, 2.75) is 12.7 Å². The summed E-state index contributed by atoms with van der Waals surface area (Å²) in [5.74, 6) is 0.548. The number of aromatic nitrogens is 4. The molecule has 11 heteroatoms. The summed E-state index contributed by atoms with van der Waals surface area (Å²) in [6.07, 6.45) is -3.23. The number of nitrogens with one attached hydrogen (secondary N) is 1. The summed E-state index contributed by atoms with van der Waals surface area (Å²) in [5.41, 5.74) is 0.698. The molecule has 8 nitrogen and oxygen atoms in total. The molecule has 0 bridgehead atoms. The third kappa shape index (κ3) is 4.56. The Morgan fingerprint density at radius 2 is 1.85 bits per heavy atom. The topological polar surface area (TPSA) is 90.6 Å². The van der Waals surface area contributed by atoms with E-state index in [2.05, 4.69) is 20.6 Å².